The fraction of sp³-hybridized carbons (Fsp3) is 0.436. The number of nitrogens with one attached hydrogen (secondary N) is 6. The van der Waals surface area contributed by atoms with Gasteiger partial charge in [0.05, 0.1) is 54.7 Å². The largest absolute Gasteiger partial charge is 0.458 e. The van der Waals surface area contributed by atoms with Gasteiger partial charge in [0.25, 0.3) is 17.4 Å². The highest BCUT2D eigenvalue weighted by atomic mass is 19.1. The summed E-state index contributed by atoms with van der Waals surface area (Å²) in [6, 6.07) is 8.76. The van der Waals surface area contributed by atoms with Crippen LogP contribution in [0.2, 0.25) is 0 Å². The van der Waals surface area contributed by atoms with Crippen molar-refractivity contribution in [2.75, 3.05) is 32.7 Å². The summed E-state index contributed by atoms with van der Waals surface area (Å²) in [5.74, 6) is -5.92. The van der Waals surface area contributed by atoms with Crippen molar-refractivity contribution in [1.29, 1.82) is 0 Å². The Bertz CT molecular complexity index is 3160. The molecule has 78 heavy (non-hydrogen) atoms. The number of nitrogens with two attached hydrogens (primary N) is 1. The number of rotatable bonds is 24. The van der Waals surface area contributed by atoms with Gasteiger partial charge >= 0.3 is 5.97 Å². The summed E-state index contributed by atoms with van der Waals surface area (Å²) in [5, 5.41) is 27.9. The van der Waals surface area contributed by atoms with E-state index in [1.165, 1.54) is 22.8 Å². The molecule has 4 atom stereocenters. The van der Waals surface area contributed by atoms with Crippen molar-refractivity contribution in [3.8, 4) is 11.4 Å². The van der Waals surface area contributed by atoms with Gasteiger partial charge < -0.3 is 52.0 Å². The number of esters is 1. The number of carbonyl (C=O) groups is 9. The molecule has 23 heteroatoms. The molecule has 2 aromatic heterocycles. The summed E-state index contributed by atoms with van der Waals surface area (Å²) < 4.78 is 22.2. The van der Waals surface area contributed by atoms with Crippen molar-refractivity contribution in [3.63, 3.8) is 0 Å². The number of halogens is 1. The van der Waals surface area contributed by atoms with Gasteiger partial charge in [-0.05, 0) is 93.2 Å². The minimum absolute atomic E-state index is 0.00932. The molecule has 4 aromatic rings. The van der Waals surface area contributed by atoms with Crippen molar-refractivity contribution in [2.24, 2.45) is 5.73 Å². The van der Waals surface area contributed by atoms with Gasteiger partial charge in [0.15, 0.2) is 5.60 Å². The van der Waals surface area contributed by atoms with Crippen molar-refractivity contribution in [1.82, 2.24) is 46.4 Å². The number of nitrogens with zero attached hydrogens (tertiary/aromatic N) is 3. The topological polar surface area (TPSA) is 319 Å². The Morgan fingerprint density at radius 2 is 1.53 bits per heavy atom. The lowest BCUT2D eigenvalue weighted by Gasteiger charge is -2.31. The Balaban J connectivity index is 0.874. The van der Waals surface area contributed by atoms with Gasteiger partial charge in [-0.1, -0.05) is 43.7 Å². The van der Waals surface area contributed by atoms with Gasteiger partial charge in [0.1, 0.15) is 24.5 Å². The number of carbonyl (C=O) groups excluding carboxylic acids is 9. The van der Waals surface area contributed by atoms with Crippen LogP contribution in [0, 0.1) is 12.7 Å². The van der Waals surface area contributed by atoms with Crippen LogP contribution in [0.15, 0.2) is 59.4 Å². The van der Waals surface area contributed by atoms with Gasteiger partial charge in [0.2, 0.25) is 35.4 Å². The van der Waals surface area contributed by atoms with Crippen molar-refractivity contribution in [2.45, 2.75) is 121 Å². The second-order valence-electron chi connectivity index (χ2n) is 19.9. The summed E-state index contributed by atoms with van der Waals surface area (Å²) in [5.41, 5.74) is 7.26. The lowest BCUT2D eigenvalue weighted by atomic mass is 9.81. The maximum atomic E-state index is 15.5. The minimum Gasteiger partial charge on any atom is -0.458 e. The molecule has 0 bridgehead atoms. The summed E-state index contributed by atoms with van der Waals surface area (Å²) in [4.78, 5) is 136. The first kappa shape index (κ1) is 56.0. The maximum absolute atomic E-state index is 15.5. The molecule has 412 valence electrons. The third-order valence-electron chi connectivity index (χ3n) is 14.7. The molecule has 0 saturated carbocycles. The molecule has 0 saturated heterocycles. The Labute approximate surface area is 447 Å². The minimum atomic E-state index is -2.07. The molecule has 8 amide bonds. The molecule has 8 rings (SSSR count). The first-order valence-electron chi connectivity index (χ1n) is 26.2. The van der Waals surface area contributed by atoms with E-state index in [1.807, 2.05) is 0 Å². The number of ether oxygens (including phenoxy) is 1. The Hall–Kier alpha value is -8.18. The van der Waals surface area contributed by atoms with Crippen LogP contribution in [0.5, 0.6) is 0 Å². The van der Waals surface area contributed by atoms with Crippen LogP contribution in [0.25, 0.3) is 22.3 Å². The van der Waals surface area contributed by atoms with Gasteiger partial charge in [-0.15, -0.1) is 0 Å². The van der Waals surface area contributed by atoms with E-state index in [0.717, 1.165) is 4.90 Å². The Morgan fingerprint density at radius 1 is 0.833 bits per heavy atom. The quantitative estimate of drug-likeness (QED) is 0.0241. The van der Waals surface area contributed by atoms with Crippen LogP contribution >= 0.6 is 0 Å². The van der Waals surface area contributed by atoms with E-state index in [0.29, 0.717) is 96.1 Å². The standard InChI is InChI=1S/C55H63FN10O12/c1-3-55(77)35-23-41-50-33(28-66(41)53(75)34(35)29-78-54(55)76)49-37(17-16-32-30(2)36(56)24-39(64-50)48(32)49)61-45(70)27-60-52(74)40(22-31-12-6-4-7-13-31)63-44(69)26-58-43(68)25-59-51(73)38(14-9-10-20-57)62-42(67)15-8-5-11-21-65-46(71)18-19-47(65)72/h4,6-7,12-13,18-19,23-24,37-38,40,77H,3,5,8-11,14-17,20-22,25-29,57H2,1-2H3,(H,58,68)(H,59,73)(H,60,74)(H,61,70)(H,62,67)(H,63,69)/t37-,38-,40-,55-/m0/s1. The molecule has 5 heterocycles. The summed E-state index contributed by atoms with van der Waals surface area (Å²) in [6.07, 6.45) is 6.00. The van der Waals surface area contributed by atoms with Gasteiger partial charge in [0, 0.05) is 54.1 Å². The van der Waals surface area contributed by atoms with Crippen molar-refractivity contribution < 1.29 is 57.4 Å². The third kappa shape index (κ3) is 12.2. The van der Waals surface area contributed by atoms with Crippen LogP contribution in [-0.2, 0) is 79.5 Å². The fourth-order valence-electron chi connectivity index (χ4n) is 10.5. The summed E-state index contributed by atoms with van der Waals surface area (Å²) in [7, 11) is 0. The normalized spacial score (nSPS) is 17.6. The molecule has 2 aromatic carbocycles. The number of benzene rings is 2. The number of imide groups is 1. The third-order valence-corrected chi connectivity index (χ3v) is 14.7. The SMILES string of the molecule is CC[C@@]1(O)C(=O)OCc2c1cc1n(c2=O)Cc2c-1nc1cc(F)c(C)c3c1c2[C@@H](NC(=O)CNC(=O)[C@H](Cc1ccccc1)NC(=O)CNC(=O)CNC(=O)[C@H](CCCCN)NC(=O)CCCCCN1C(=O)C=CC1=O)CC3. The zero-order chi connectivity index (χ0) is 55.8. The number of cyclic esters (lactones) is 1. The van der Waals surface area contributed by atoms with E-state index in [-0.39, 0.29) is 73.8 Å². The van der Waals surface area contributed by atoms with E-state index >= 15 is 4.39 Å². The summed E-state index contributed by atoms with van der Waals surface area (Å²) in [6.45, 7) is 1.92. The van der Waals surface area contributed by atoms with Crippen LogP contribution in [-0.4, -0.2) is 118 Å². The second-order valence-corrected chi connectivity index (χ2v) is 19.9. The highest BCUT2D eigenvalue weighted by molar-refractivity contribution is 6.12. The first-order chi connectivity index (χ1) is 37.4. The molecule has 0 unspecified atom stereocenters. The highest BCUT2D eigenvalue weighted by Crippen LogP contribution is 2.46. The van der Waals surface area contributed by atoms with E-state index in [2.05, 4.69) is 31.9 Å². The molecular formula is C55H63FN10O12. The predicted octanol–water partition coefficient (Wildman–Crippen LogP) is 0.806. The number of amides is 8. The molecule has 4 aliphatic rings. The first-order valence-corrected chi connectivity index (χ1v) is 26.2. The van der Waals surface area contributed by atoms with Crippen LogP contribution in [0.1, 0.15) is 110 Å². The summed E-state index contributed by atoms with van der Waals surface area (Å²) >= 11 is 0. The number of aryl methyl sites for hydroxylation is 1. The average Bonchev–Trinajstić information content (AvgIpc) is 3.96. The number of unbranched alkanes of at least 4 members (excludes halogenated alkanes) is 3. The van der Waals surface area contributed by atoms with Crippen molar-refractivity contribution in [3.05, 3.63) is 110 Å². The number of hydrogen-bond acceptors (Lipinski definition) is 14. The van der Waals surface area contributed by atoms with E-state index in [4.69, 9.17) is 15.5 Å². The lowest BCUT2D eigenvalue weighted by molar-refractivity contribution is -0.172. The predicted molar refractivity (Wildman–Crippen MR) is 279 cm³/mol. The zero-order valence-corrected chi connectivity index (χ0v) is 43.4. The number of aliphatic hydroxyl groups is 1. The molecule has 22 nitrogen and oxygen atoms in total. The Kier molecular flexibility index (Phi) is 17.6. The van der Waals surface area contributed by atoms with E-state index in [1.54, 1.807) is 50.2 Å². The molecule has 3 aliphatic heterocycles. The van der Waals surface area contributed by atoms with E-state index < -0.39 is 96.1 Å². The fourth-order valence-corrected chi connectivity index (χ4v) is 10.5. The molecular weight excluding hydrogens is 1010 g/mol. The molecule has 1 aliphatic carbocycles. The highest BCUT2D eigenvalue weighted by Gasteiger charge is 2.46. The number of fused-ring (bicyclic) bond motifs is 5. The van der Waals surface area contributed by atoms with Gasteiger partial charge in [-0.2, -0.15) is 0 Å². The maximum Gasteiger partial charge on any atom is 0.343 e. The molecule has 0 spiro atoms. The zero-order valence-electron chi connectivity index (χ0n) is 43.4. The smallest absolute Gasteiger partial charge is 0.343 e. The number of hydrogen-bond donors (Lipinski definition) is 8. The number of pyridine rings is 2. The molecule has 9 N–H and O–H groups in total. The van der Waals surface area contributed by atoms with Gasteiger partial charge in [-0.3, -0.25) is 48.1 Å². The van der Waals surface area contributed by atoms with E-state index in [9.17, 15) is 53.1 Å². The Morgan fingerprint density at radius 3 is 2.24 bits per heavy atom. The molecule has 0 radical (unpaired) electrons. The van der Waals surface area contributed by atoms with Crippen molar-refractivity contribution >= 4 is 64.1 Å². The van der Waals surface area contributed by atoms with Gasteiger partial charge in [-0.25, -0.2) is 14.2 Å². The lowest BCUT2D eigenvalue weighted by Crippen LogP contribution is -2.53. The van der Waals surface area contributed by atoms with Crippen LogP contribution in [0.3, 0.4) is 0 Å². The van der Waals surface area contributed by atoms with Crippen LogP contribution < -0.4 is 43.2 Å². The monoisotopic (exact) mass is 1070 g/mol. The molecule has 0 fully saturated rings. The van der Waals surface area contributed by atoms with Crippen LogP contribution in [0.4, 0.5) is 4.39 Å². The average molecular weight is 1080 g/mol. The second kappa shape index (κ2) is 24.4. The number of aromatic nitrogens is 2.